The normalized spacial score (nSPS) is 12.7. The third kappa shape index (κ3) is 6.72. The molecular weight excluding hydrogens is 493 g/mol. The molecule has 0 bridgehead atoms. The predicted molar refractivity (Wildman–Crippen MR) is 122 cm³/mol. The molecule has 6 nitrogen and oxygen atoms in total. The van der Waals surface area contributed by atoms with Crippen LogP contribution in [0.2, 0.25) is 5.02 Å². The first-order valence-electron chi connectivity index (χ1n) is 9.92. The molecule has 0 spiro atoms. The molecule has 180 valence electrons. The highest BCUT2D eigenvalue weighted by Crippen LogP contribution is 2.36. The van der Waals surface area contributed by atoms with Gasteiger partial charge in [0.05, 0.1) is 16.1 Å². The van der Waals surface area contributed by atoms with E-state index in [0.717, 1.165) is 11.6 Å². The second kappa shape index (κ2) is 10.5. The number of anilines is 1. The van der Waals surface area contributed by atoms with E-state index < -0.39 is 46.0 Å². The topological polar surface area (TPSA) is 84.5 Å². The van der Waals surface area contributed by atoms with Crippen molar-refractivity contribution in [1.29, 1.82) is 0 Å². The number of sulfonamides is 1. The maximum Gasteiger partial charge on any atom is 0.418 e. The van der Waals surface area contributed by atoms with Crippen LogP contribution in [-0.4, -0.2) is 20.9 Å². The Balaban J connectivity index is 1.60. The lowest BCUT2D eigenvalue weighted by Gasteiger charge is -2.15. The largest absolute Gasteiger partial charge is 0.484 e. The minimum absolute atomic E-state index is 0.0111. The molecule has 34 heavy (non-hydrogen) atoms. The molecular formula is C23H20ClF3N2O4S. The molecule has 0 aliphatic heterocycles. The van der Waals surface area contributed by atoms with Crippen LogP contribution < -0.4 is 14.8 Å². The number of amides is 1. The second-order valence-corrected chi connectivity index (χ2v) is 9.40. The van der Waals surface area contributed by atoms with Gasteiger partial charge in [0.1, 0.15) is 5.75 Å². The van der Waals surface area contributed by atoms with Gasteiger partial charge in [0.15, 0.2) is 6.61 Å². The predicted octanol–water partition coefficient (Wildman–Crippen LogP) is 5.42. The molecule has 0 fully saturated rings. The summed E-state index contributed by atoms with van der Waals surface area (Å²) >= 11 is 5.62. The number of rotatable bonds is 8. The molecule has 2 N–H and O–H groups in total. The minimum Gasteiger partial charge on any atom is -0.484 e. The number of alkyl halides is 3. The fourth-order valence-electron chi connectivity index (χ4n) is 3.02. The molecule has 0 radical (unpaired) electrons. The van der Waals surface area contributed by atoms with Gasteiger partial charge in [-0.3, -0.25) is 4.79 Å². The van der Waals surface area contributed by atoms with E-state index in [1.807, 2.05) is 6.07 Å². The summed E-state index contributed by atoms with van der Waals surface area (Å²) in [6.07, 6.45) is -4.71. The molecule has 0 heterocycles. The first-order chi connectivity index (χ1) is 16.0. The standard InChI is InChI=1S/C23H20ClF3N2O4S/c1-15(16-5-3-2-4-6-16)29-34(31,32)19-10-8-18(9-11-19)33-14-22(30)28-21-12-7-17(24)13-20(21)23(25,26)27/h2-13,15,29H,14H2,1H3,(H,28,30)/t15-/m0/s1. The third-order valence-electron chi connectivity index (χ3n) is 4.70. The summed E-state index contributed by atoms with van der Waals surface area (Å²) in [5, 5.41) is 2.02. The van der Waals surface area contributed by atoms with Gasteiger partial charge in [-0.25, -0.2) is 13.1 Å². The number of ether oxygens (including phenoxy) is 1. The summed E-state index contributed by atoms with van der Waals surface area (Å²) in [5.41, 5.74) is -0.739. The summed E-state index contributed by atoms with van der Waals surface area (Å²) in [7, 11) is -3.82. The van der Waals surface area contributed by atoms with Gasteiger partial charge in [-0.1, -0.05) is 41.9 Å². The molecule has 0 saturated carbocycles. The zero-order valence-corrected chi connectivity index (χ0v) is 19.3. The van der Waals surface area contributed by atoms with Gasteiger partial charge in [0, 0.05) is 11.1 Å². The van der Waals surface area contributed by atoms with E-state index >= 15 is 0 Å². The van der Waals surface area contributed by atoms with Crippen molar-refractivity contribution < 1.29 is 31.1 Å². The van der Waals surface area contributed by atoms with Crippen LogP contribution in [0, 0.1) is 0 Å². The van der Waals surface area contributed by atoms with Crippen LogP contribution in [0.15, 0.2) is 77.7 Å². The summed E-state index contributed by atoms with van der Waals surface area (Å²) in [5.74, 6) is -0.666. The van der Waals surface area contributed by atoms with Gasteiger partial charge in [-0.15, -0.1) is 0 Å². The highest BCUT2D eigenvalue weighted by atomic mass is 35.5. The van der Waals surface area contributed by atoms with E-state index in [1.54, 1.807) is 31.2 Å². The zero-order valence-electron chi connectivity index (χ0n) is 17.8. The fourth-order valence-corrected chi connectivity index (χ4v) is 4.42. The van der Waals surface area contributed by atoms with Crippen molar-refractivity contribution in [2.45, 2.75) is 24.0 Å². The van der Waals surface area contributed by atoms with E-state index in [4.69, 9.17) is 16.3 Å². The van der Waals surface area contributed by atoms with Crippen molar-refractivity contribution in [1.82, 2.24) is 4.72 Å². The zero-order chi connectivity index (χ0) is 24.9. The molecule has 0 unspecified atom stereocenters. The maximum absolute atomic E-state index is 13.1. The van der Waals surface area contributed by atoms with Crippen LogP contribution in [0.4, 0.5) is 18.9 Å². The Bertz CT molecular complexity index is 1250. The van der Waals surface area contributed by atoms with Crippen molar-refractivity contribution >= 4 is 33.2 Å². The number of nitrogens with one attached hydrogen (secondary N) is 2. The molecule has 3 aromatic carbocycles. The van der Waals surface area contributed by atoms with Crippen molar-refractivity contribution in [2.75, 3.05) is 11.9 Å². The summed E-state index contributed by atoms with van der Waals surface area (Å²) in [4.78, 5) is 12.1. The Morgan fingerprint density at radius 1 is 1.03 bits per heavy atom. The number of benzene rings is 3. The van der Waals surface area contributed by atoms with Crippen LogP contribution in [-0.2, 0) is 21.0 Å². The van der Waals surface area contributed by atoms with E-state index in [-0.39, 0.29) is 15.7 Å². The third-order valence-corrected chi connectivity index (χ3v) is 6.49. The van der Waals surface area contributed by atoms with Crippen LogP contribution in [0.1, 0.15) is 24.1 Å². The van der Waals surface area contributed by atoms with Crippen LogP contribution >= 0.6 is 11.6 Å². The Morgan fingerprint density at radius 2 is 1.68 bits per heavy atom. The molecule has 0 aliphatic carbocycles. The van der Waals surface area contributed by atoms with Crippen LogP contribution in [0.5, 0.6) is 5.75 Å². The number of hydrogen-bond acceptors (Lipinski definition) is 4. The van der Waals surface area contributed by atoms with Crippen LogP contribution in [0.3, 0.4) is 0 Å². The summed E-state index contributed by atoms with van der Waals surface area (Å²) < 4.78 is 72.5. The maximum atomic E-state index is 13.1. The fraction of sp³-hybridized carbons (Fsp3) is 0.174. The first kappa shape index (κ1) is 25.5. The van der Waals surface area contributed by atoms with Crippen molar-refractivity contribution in [3.63, 3.8) is 0 Å². The molecule has 1 atom stereocenters. The van der Waals surface area contributed by atoms with E-state index in [0.29, 0.717) is 6.07 Å². The van der Waals surface area contributed by atoms with E-state index in [2.05, 4.69) is 10.0 Å². The molecule has 3 rings (SSSR count). The lowest BCUT2D eigenvalue weighted by Crippen LogP contribution is -2.26. The highest BCUT2D eigenvalue weighted by Gasteiger charge is 2.34. The number of hydrogen-bond donors (Lipinski definition) is 2. The van der Waals surface area contributed by atoms with Gasteiger partial charge in [0.25, 0.3) is 5.91 Å². The van der Waals surface area contributed by atoms with Gasteiger partial charge in [0.2, 0.25) is 10.0 Å². The van der Waals surface area contributed by atoms with Gasteiger partial charge in [-0.05, 0) is 55.0 Å². The molecule has 11 heteroatoms. The van der Waals surface area contributed by atoms with Crippen molar-refractivity contribution in [3.8, 4) is 5.75 Å². The monoisotopic (exact) mass is 512 g/mol. The van der Waals surface area contributed by atoms with E-state index in [9.17, 15) is 26.4 Å². The minimum atomic E-state index is -4.71. The van der Waals surface area contributed by atoms with E-state index in [1.165, 1.54) is 30.3 Å². The van der Waals surface area contributed by atoms with Crippen LogP contribution in [0.25, 0.3) is 0 Å². The number of carbonyl (C=O) groups excluding carboxylic acids is 1. The molecule has 1 amide bonds. The first-order valence-corrected chi connectivity index (χ1v) is 11.8. The van der Waals surface area contributed by atoms with Gasteiger partial charge >= 0.3 is 6.18 Å². The average molecular weight is 513 g/mol. The van der Waals surface area contributed by atoms with Gasteiger partial charge in [-0.2, -0.15) is 13.2 Å². The lowest BCUT2D eigenvalue weighted by molar-refractivity contribution is -0.137. The van der Waals surface area contributed by atoms with Crippen molar-refractivity contribution in [2.24, 2.45) is 0 Å². The molecule has 0 aromatic heterocycles. The lowest BCUT2D eigenvalue weighted by atomic mass is 10.1. The average Bonchev–Trinajstić information content (AvgIpc) is 2.79. The SMILES string of the molecule is C[C@H](NS(=O)(=O)c1ccc(OCC(=O)Nc2ccc(Cl)cc2C(F)(F)F)cc1)c1ccccc1. The molecule has 0 aliphatic rings. The molecule has 0 saturated heterocycles. The summed E-state index contributed by atoms with van der Waals surface area (Å²) in [6, 6.07) is 16.9. The second-order valence-electron chi connectivity index (χ2n) is 7.25. The molecule has 3 aromatic rings. The Kier molecular flexibility index (Phi) is 7.86. The summed E-state index contributed by atoms with van der Waals surface area (Å²) in [6.45, 7) is 1.13. The van der Waals surface area contributed by atoms with Crippen molar-refractivity contribution in [3.05, 3.63) is 88.9 Å². The van der Waals surface area contributed by atoms with Gasteiger partial charge < -0.3 is 10.1 Å². The Morgan fingerprint density at radius 3 is 2.29 bits per heavy atom. The quantitative estimate of drug-likeness (QED) is 0.422. The Labute approximate surface area is 199 Å². The smallest absolute Gasteiger partial charge is 0.418 e. The number of carbonyl (C=O) groups is 1. The number of halogens is 4. The Hall–Kier alpha value is -3.08. The highest BCUT2D eigenvalue weighted by molar-refractivity contribution is 7.89.